The normalized spacial score (nSPS) is 13.0. The number of nitrogens with zero attached hydrogens (tertiary/aromatic N) is 1. The van der Waals surface area contributed by atoms with Crippen molar-refractivity contribution in [3.63, 3.8) is 0 Å². The molecule has 0 aliphatic carbocycles. The molecule has 0 aliphatic rings. The lowest BCUT2D eigenvalue weighted by atomic mass is 10.1. The van der Waals surface area contributed by atoms with Crippen LogP contribution >= 0.6 is 11.6 Å². The van der Waals surface area contributed by atoms with E-state index in [1.807, 2.05) is 0 Å². The second-order valence-corrected chi connectivity index (χ2v) is 4.70. The third-order valence-corrected chi connectivity index (χ3v) is 2.21. The molecule has 1 rings (SSSR count). The average molecular weight is 230 g/mol. The lowest BCUT2D eigenvalue weighted by Crippen LogP contribution is -2.29. The van der Waals surface area contributed by atoms with Gasteiger partial charge in [0.15, 0.2) is 11.8 Å². The first-order valence-corrected chi connectivity index (χ1v) is 4.95. The van der Waals surface area contributed by atoms with Crippen molar-refractivity contribution in [3.8, 4) is 0 Å². The fourth-order valence-corrected chi connectivity index (χ4v) is 1.14. The molecule has 2 nitrogen and oxygen atoms in total. The topological polar surface area (TPSA) is 26.1 Å². The van der Waals surface area contributed by atoms with Crippen LogP contribution in [-0.4, -0.2) is 16.5 Å². The van der Waals surface area contributed by atoms with Gasteiger partial charge in [-0.25, -0.2) is 9.13 Å². The minimum absolute atomic E-state index is 0.236. The molecule has 4 heteroatoms. The molecule has 0 amide bonds. The molecule has 0 N–H and O–H groups in total. The van der Waals surface area contributed by atoms with Crippen molar-refractivity contribution >= 4 is 17.8 Å². The summed E-state index contributed by atoms with van der Waals surface area (Å²) < 4.78 is 13.5. The van der Waals surface area contributed by atoms with Gasteiger partial charge in [-0.15, -0.1) is 0 Å². The molecule has 0 atom stereocenters. The minimum atomic E-state index is -0.530. The van der Waals surface area contributed by atoms with E-state index in [0.717, 1.165) is 4.74 Å². The lowest BCUT2D eigenvalue weighted by molar-refractivity contribution is -0.530. The Morgan fingerprint density at radius 3 is 2.47 bits per heavy atom. The third-order valence-electron chi connectivity index (χ3n) is 1.88. The van der Waals surface area contributed by atoms with E-state index < -0.39 is 11.4 Å². The highest BCUT2D eigenvalue weighted by Gasteiger charge is 2.18. The summed E-state index contributed by atoms with van der Waals surface area (Å²) in [7, 11) is 0. The summed E-state index contributed by atoms with van der Waals surface area (Å²) in [5.74, 6) is -0.412. The van der Waals surface area contributed by atoms with Gasteiger partial charge < -0.3 is 5.21 Å². The fraction of sp³-hybridized carbons (Fsp3) is 0.364. The summed E-state index contributed by atoms with van der Waals surface area (Å²) in [6.07, 6.45) is 1.36. The maximum Gasteiger partial charge on any atom is 0.183 e. The highest BCUT2D eigenvalue weighted by molar-refractivity contribution is 6.32. The summed E-state index contributed by atoms with van der Waals surface area (Å²) in [6, 6.07) is 3.94. The van der Waals surface area contributed by atoms with Crippen molar-refractivity contribution in [1.29, 1.82) is 0 Å². The number of hydroxylamine groups is 1. The van der Waals surface area contributed by atoms with Crippen LogP contribution in [0.2, 0.25) is 5.02 Å². The standard InChI is InChI=1S/C11H13ClFNO/c1-11(2,3)14(15)7-8-4-5-9(13)6-10(8)12/h4-7H,1-3H3. The highest BCUT2D eigenvalue weighted by Crippen LogP contribution is 2.16. The van der Waals surface area contributed by atoms with E-state index in [1.165, 1.54) is 24.4 Å². The molecule has 0 spiro atoms. The van der Waals surface area contributed by atoms with Crippen LogP contribution in [0.1, 0.15) is 26.3 Å². The van der Waals surface area contributed by atoms with Crippen LogP contribution in [0.4, 0.5) is 4.39 Å². The Kier molecular flexibility index (Phi) is 3.35. The van der Waals surface area contributed by atoms with Crippen molar-refractivity contribution in [3.05, 3.63) is 39.8 Å². The predicted molar refractivity (Wildman–Crippen MR) is 60.0 cm³/mol. The highest BCUT2D eigenvalue weighted by atomic mass is 35.5. The molecule has 0 unspecified atom stereocenters. The van der Waals surface area contributed by atoms with Gasteiger partial charge in [0.25, 0.3) is 0 Å². The van der Waals surface area contributed by atoms with Gasteiger partial charge in [-0.05, 0) is 18.2 Å². The van der Waals surface area contributed by atoms with Gasteiger partial charge in [-0.3, -0.25) is 0 Å². The molecule has 0 saturated carbocycles. The first-order chi connectivity index (χ1) is 6.80. The predicted octanol–water partition coefficient (Wildman–Crippen LogP) is 3.21. The molecule has 15 heavy (non-hydrogen) atoms. The molecule has 0 bridgehead atoms. The largest absolute Gasteiger partial charge is 0.623 e. The van der Waals surface area contributed by atoms with Crippen LogP contribution in [0.15, 0.2) is 18.2 Å². The molecule has 1 aromatic rings. The molecule has 82 valence electrons. The Morgan fingerprint density at radius 1 is 1.40 bits per heavy atom. The zero-order valence-corrected chi connectivity index (χ0v) is 9.68. The van der Waals surface area contributed by atoms with Gasteiger partial charge in [-0.2, -0.15) is 0 Å². The number of hydrogen-bond acceptors (Lipinski definition) is 1. The third kappa shape index (κ3) is 3.20. The Labute approximate surface area is 93.6 Å². The zero-order chi connectivity index (χ0) is 11.6. The molecule has 0 saturated heterocycles. The summed E-state index contributed by atoms with van der Waals surface area (Å²) in [5.41, 5.74) is -0.0134. The molecule has 0 radical (unpaired) electrons. The molecule has 0 heterocycles. The fourth-order valence-electron chi connectivity index (χ4n) is 0.926. The van der Waals surface area contributed by atoms with Crippen molar-refractivity contribution in [1.82, 2.24) is 0 Å². The van der Waals surface area contributed by atoms with Gasteiger partial charge >= 0.3 is 0 Å². The Balaban J connectivity index is 3.09. The van der Waals surface area contributed by atoms with Crippen LogP contribution < -0.4 is 0 Å². The van der Waals surface area contributed by atoms with Gasteiger partial charge in [-0.1, -0.05) is 11.6 Å². The van der Waals surface area contributed by atoms with Crippen LogP contribution in [0.25, 0.3) is 0 Å². The number of benzene rings is 1. The van der Waals surface area contributed by atoms with E-state index in [2.05, 4.69) is 0 Å². The van der Waals surface area contributed by atoms with E-state index in [9.17, 15) is 9.60 Å². The van der Waals surface area contributed by atoms with Gasteiger partial charge in [0.05, 0.1) is 10.6 Å². The van der Waals surface area contributed by atoms with Gasteiger partial charge in [0.1, 0.15) is 5.82 Å². The molecule has 0 aliphatic heterocycles. The molecular weight excluding hydrogens is 217 g/mol. The summed E-state index contributed by atoms with van der Waals surface area (Å²) >= 11 is 5.79. The molecule has 0 fully saturated rings. The number of rotatable bonds is 1. The van der Waals surface area contributed by atoms with Crippen molar-refractivity contribution in [2.45, 2.75) is 26.3 Å². The monoisotopic (exact) mass is 229 g/mol. The lowest BCUT2D eigenvalue weighted by Gasteiger charge is -2.18. The summed E-state index contributed by atoms with van der Waals surface area (Å²) in [4.78, 5) is 0. The second-order valence-electron chi connectivity index (χ2n) is 4.29. The Hall–Kier alpha value is -1.09. The Bertz CT molecular complexity index is 396. The van der Waals surface area contributed by atoms with Crippen molar-refractivity contribution in [2.75, 3.05) is 0 Å². The molecule has 1 aromatic carbocycles. The first kappa shape index (κ1) is 12.0. The first-order valence-electron chi connectivity index (χ1n) is 4.57. The SMILES string of the molecule is CC(C)(C)[N+]([O-])=Cc1ccc(F)cc1Cl. The van der Waals surface area contributed by atoms with Crippen LogP contribution in [0.3, 0.4) is 0 Å². The van der Waals surface area contributed by atoms with Crippen molar-refractivity contribution in [2.24, 2.45) is 0 Å². The van der Waals surface area contributed by atoms with E-state index in [0.29, 0.717) is 5.56 Å². The minimum Gasteiger partial charge on any atom is -0.623 e. The van der Waals surface area contributed by atoms with Crippen LogP contribution in [0.5, 0.6) is 0 Å². The smallest absolute Gasteiger partial charge is 0.183 e. The van der Waals surface area contributed by atoms with E-state index in [-0.39, 0.29) is 5.02 Å². The second kappa shape index (κ2) is 4.19. The average Bonchev–Trinajstić information content (AvgIpc) is 2.08. The maximum absolute atomic E-state index is 12.7. The zero-order valence-electron chi connectivity index (χ0n) is 8.92. The van der Waals surface area contributed by atoms with E-state index >= 15 is 0 Å². The van der Waals surface area contributed by atoms with Crippen LogP contribution in [0, 0.1) is 11.0 Å². The molecular formula is C11H13ClFNO. The number of hydrogen-bond donors (Lipinski definition) is 0. The molecule has 0 aromatic heterocycles. The van der Waals surface area contributed by atoms with Crippen molar-refractivity contribution < 1.29 is 9.13 Å². The summed E-state index contributed by atoms with van der Waals surface area (Å²) in [5, 5.41) is 11.8. The summed E-state index contributed by atoms with van der Waals surface area (Å²) in [6.45, 7) is 5.36. The Morgan fingerprint density at radius 2 is 2.00 bits per heavy atom. The van der Waals surface area contributed by atoms with Crippen LogP contribution in [-0.2, 0) is 0 Å². The van der Waals surface area contributed by atoms with Gasteiger partial charge in [0, 0.05) is 20.8 Å². The number of halogens is 2. The van der Waals surface area contributed by atoms with Gasteiger partial charge in [0.2, 0.25) is 0 Å². The maximum atomic E-state index is 12.7. The van der Waals surface area contributed by atoms with E-state index in [4.69, 9.17) is 11.6 Å². The quantitative estimate of drug-likeness (QED) is 0.314. The van der Waals surface area contributed by atoms with E-state index in [1.54, 1.807) is 20.8 Å².